The molecule has 0 aliphatic rings. The topological polar surface area (TPSA) is 82.3 Å². The third kappa shape index (κ3) is 4.44. The number of hydrogen-bond donors (Lipinski definition) is 2. The van der Waals surface area contributed by atoms with Gasteiger partial charge in [-0.1, -0.05) is 0 Å². The van der Waals surface area contributed by atoms with E-state index in [9.17, 15) is 4.79 Å². The van der Waals surface area contributed by atoms with Gasteiger partial charge >= 0.3 is 5.97 Å². The molecule has 2 N–H and O–H groups in total. The highest BCUT2D eigenvalue weighted by molar-refractivity contribution is 5.66. The molecule has 0 amide bonds. The number of ether oxygens (including phenoxy) is 1. The number of carbonyl (C=O) groups is 1. The first-order valence-corrected chi connectivity index (χ1v) is 5.67. The van der Waals surface area contributed by atoms with Crippen molar-refractivity contribution in [3.05, 3.63) is 29.3 Å². The lowest BCUT2D eigenvalue weighted by molar-refractivity contribution is -0.137. The molecule has 1 rings (SSSR count). The van der Waals surface area contributed by atoms with Crippen molar-refractivity contribution in [1.29, 1.82) is 5.26 Å². The third-order valence-corrected chi connectivity index (χ3v) is 2.47. The van der Waals surface area contributed by atoms with Crippen LogP contribution < -0.4 is 10.1 Å². The van der Waals surface area contributed by atoms with Crippen LogP contribution in [0.3, 0.4) is 0 Å². The fourth-order valence-corrected chi connectivity index (χ4v) is 1.57. The molecule has 0 heterocycles. The van der Waals surface area contributed by atoms with E-state index in [0.29, 0.717) is 25.1 Å². The quantitative estimate of drug-likeness (QED) is 0.715. The third-order valence-electron chi connectivity index (χ3n) is 2.47. The van der Waals surface area contributed by atoms with Crippen molar-refractivity contribution in [2.75, 3.05) is 13.7 Å². The molecule has 0 bridgehead atoms. The summed E-state index contributed by atoms with van der Waals surface area (Å²) in [7, 11) is 1.58. The highest BCUT2D eigenvalue weighted by Crippen LogP contribution is 2.19. The summed E-state index contributed by atoms with van der Waals surface area (Å²) < 4.78 is 5.20. The molecule has 18 heavy (non-hydrogen) atoms. The number of carboxylic acids is 1. The van der Waals surface area contributed by atoms with E-state index in [0.717, 1.165) is 11.3 Å². The largest absolute Gasteiger partial charge is 0.496 e. The minimum absolute atomic E-state index is 0.155. The molecule has 0 radical (unpaired) electrons. The van der Waals surface area contributed by atoms with Crippen LogP contribution >= 0.6 is 0 Å². The summed E-state index contributed by atoms with van der Waals surface area (Å²) in [5.74, 6) is -0.0689. The van der Waals surface area contributed by atoms with Crippen LogP contribution in [-0.2, 0) is 11.3 Å². The van der Waals surface area contributed by atoms with Gasteiger partial charge in [-0.3, -0.25) is 4.79 Å². The van der Waals surface area contributed by atoms with Crippen LogP contribution in [0.1, 0.15) is 24.0 Å². The lowest BCUT2D eigenvalue weighted by atomic mass is 10.1. The second-order valence-corrected chi connectivity index (χ2v) is 3.81. The highest BCUT2D eigenvalue weighted by atomic mass is 16.5. The van der Waals surface area contributed by atoms with Crippen LogP contribution in [0.15, 0.2) is 18.2 Å². The van der Waals surface area contributed by atoms with Crippen molar-refractivity contribution in [1.82, 2.24) is 5.32 Å². The number of hydrogen-bond acceptors (Lipinski definition) is 4. The van der Waals surface area contributed by atoms with Crippen molar-refractivity contribution in [2.45, 2.75) is 19.4 Å². The molecular weight excluding hydrogens is 232 g/mol. The van der Waals surface area contributed by atoms with E-state index in [2.05, 4.69) is 11.4 Å². The van der Waals surface area contributed by atoms with E-state index >= 15 is 0 Å². The summed E-state index contributed by atoms with van der Waals surface area (Å²) in [5, 5.41) is 20.4. The average Bonchev–Trinajstić information content (AvgIpc) is 2.37. The van der Waals surface area contributed by atoms with Gasteiger partial charge in [-0.05, 0) is 31.2 Å². The Hall–Kier alpha value is -2.06. The predicted octanol–water partition coefficient (Wildman–Crippen LogP) is 1.52. The Kier molecular flexibility index (Phi) is 5.68. The van der Waals surface area contributed by atoms with E-state index < -0.39 is 5.97 Å². The van der Waals surface area contributed by atoms with Gasteiger partial charge in [0.15, 0.2) is 0 Å². The Balaban J connectivity index is 2.50. The van der Waals surface area contributed by atoms with Gasteiger partial charge in [-0.25, -0.2) is 0 Å². The molecule has 0 aromatic heterocycles. The van der Waals surface area contributed by atoms with Gasteiger partial charge in [-0.2, -0.15) is 5.26 Å². The second-order valence-electron chi connectivity index (χ2n) is 3.81. The van der Waals surface area contributed by atoms with Gasteiger partial charge in [0.25, 0.3) is 0 Å². The van der Waals surface area contributed by atoms with Crippen molar-refractivity contribution >= 4 is 5.97 Å². The molecule has 1 aromatic rings. The summed E-state index contributed by atoms with van der Waals surface area (Å²) >= 11 is 0. The first-order chi connectivity index (χ1) is 8.67. The van der Waals surface area contributed by atoms with E-state index in [1.807, 2.05) is 0 Å². The smallest absolute Gasteiger partial charge is 0.303 e. The van der Waals surface area contributed by atoms with Crippen LogP contribution in [0.25, 0.3) is 0 Å². The van der Waals surface area contributed by atoms with Gasteiger partial charge in [-0.15, -0.1) is 0 Å². The zero-order valence-electron chi connectivity index (χ0n) is 10.3. The summed E-state index contributed by atoms with van der Waals surface area (Å²) in [4.78, 5) is 10.3. The molecule has 5 heteroatoms. The minimum atomic E-state index is -0.791. The number of carboxylic acid groups (broad SMARTS) is 1. The van der Waals surface area contributed by atoms with Crippen LogP contribution in [0.5, 0.6) is 5.75 Å². The number of rotatable bonds is 7. The molecule has 0 fully saturated rings. The minimum Gasteiger partial charge on any atom is -0.496 e. The SMILES string of the molecule is COc1ccc(C#N)cc1CNCCCC(=O)O. The van der Waals surface area contributed by atoms with Crippen LogP contribution in [0, 0.1) is 11.3 Å². The first-order valence-electron chi connectivity index (χ1n) is 5.67. The molecular formula is C13H16N2O3. The molecule has 0 aliphatic carbocycles. The number of nitrogens with one attached hydrogen (secondary N) is 1. The second kappa shape index (κ2) is 7.30. The van der Waals surface area contributed by atoms with E-state index in [4.69, 9.17) is 15.1 Å². The number of benzene rings is 1. The van der Waals surface area contributed by atoms with E-state index in [1.165, 1.54) is 0 Å². The van der Waals surface area contributed by atoms with E-state index in [-0.39, 0.29) is 6.42 Å². The molecule has 0 saturated heterocycles. The summed E-state index contributed by atoms with van der Waals surface area (Å²) in [6, 6.07) is 7.30. The Morgan fingerprint density at radius 1 is 1.56 bits per heavy atom. The zero-order chi connectivity index (χ0) is 13.4. The van der Waals surface area contributed by atoms with Gasteiger partial charge < -0.3 is 15.2 Å². The lowest BCUT2D eigenvalue weighted by Gasteiger charge is -2.09. The summed E-state index contributed by atoms with van der Waals surface area (Å²) in [6.07, 6.45) is 0.734. The molecule has 96 valence electrons. The Bertz CT molecular complexity index is 452. The number of aliphatic carboxylic acids is 1. The van der Waals surface area contributed by atoms with Crippen LogP contribution in [0.4, 0.5) is 0 Å². The monoisotopic (exact) mass is 248 g/mol. The molecule has 0 spiro atoms. The van der Waals surface area contributed by atoms with Gasteiger partial charge in [0.2, 0.25) is 0 Å². The Morgan fingerprint density at radius 3 is 2.94 bits per heavy atom. The maximum Gasteiger partial charge on any atom is 0.303 e. The Morgan fingerprint density at radius 2 is 2.33 bits per heavy atom. The maximum atomic E-state index is 10.3. The van der Waals surface area contributed by atoms with E-state index in [1.54, 1.807) is 25.3 Å². The van der Waals surface area contributed by atoms with Crippen molar-refractivity contribution in [3.8, 4) is 11.8 Å². The van der Waals surface area contributed by atoms with Crippen LogP contribution in [-0.4, -0.2) is 24.7 Å². The molecule has 0 aliphatic heterocycles. The number of nitriles is 1. The normalized spacial score (nSPS) is 9.78. The predicted molar refractivity (Wildman–Crippen MR) is 66.3 cm³/mol. The van der Waals surface area contributed by atoms with Gasteiger partial charge in [0.1, 0.15) is 5.75 Å². The molecule has 0 atom stereocenters. The van der Waals surface area contributed by atoms with Crippen LogP contribution in [0.2, 0.25) is 0 Å². The number of methoxy groups -OCH3 is 1. The first kappa shape index (κ1) is 14.0. The van der Waals surface area contributed by atoms with Gasteiger partial charge in [0, 0.05) is 18.5 Å². The fourth-order valence-electron chi connectivity index (χ4n) is 1.57. The highest BCUT2D eigenvalue weighted by Gasteiger charge is 2.04. The molecule has 1 aromatic carbocycles. The number of nitrogens with zero attached hydrogens (tertiary/aromatic N) is 1. The van der Waals surface area contributed by atoms with Crippen molar-refractivity contribution in [2.24, 2.45) is 0 Å². The molecule has 5 nitrogen and oxygen atoms in total. The standard InChI is InChI=1S/C13H16N2O3/c1-18-12-5-4-10(8-14)7-11(12)9-15-6-2-3-13(16)17/h4-5,7,15H,2-3,6,9H2,1H3,(H,16,17). The average molecular weight is 248 g/mol. The summed E-state index contributed by atoms with van der Waals surface area (Å²) in [5.41, 5.74) is 1.48. The fraction of sp³-hybridized carbons (Fsp3) is 0.385. The zero-order valence-corrected chi connectivity index (χ0v) is 10.3. The van der Waals surface area contributed by atoms with Crippen molar-refractivity contribution < 1.29 is 14.6 Å². The van der Waals surface area contributed by atoms with Gasteiger partial charge in [0.05, 0.1) is 18.7 Å². The lowest BCUT2D eigenvalue weighted by Crippen LogP contribution is -2.16. The Labute approximate surface area is 106 Å². The van der Waals surface area contributed by atoms with Crippen molar-refractivity contribution in [3.63, 3.8) is 0 Å². The maximum absolute atomic E-state index is 10.3. The molecule has 0 unspecified atom stereocenters. The molecule has 0 saturated carbocycles. The summed E-state index contributed by atoms with van der Waals surface area (Å²) in [6.45, 7) is 1.17.